The van der Waals surface area contributed by atoms with Gasteiger partial charge in [0.1, 0.15) is 8.24 Å². The molecule has 1 aliphatic heterocycles. The lowest BCUT2D eigenvalue weighted by Crippen LogP contribution is -2.68. The number of nitrogens with zero attached hydrogens (tertiary/aromatic N) is 1. The van der Waals surface area contributed by atoms with Crippen molar-refractivity contribution in [2.24, 2.45) is 41.4 Å². The Kier molecular flexibility index (Phi) is 6.39. The van der Waals surface area contributed by atoms with Crippen molar-refractivity contribution in [3.05, 3.63) is 0 Å². The lowest BCUT2D eigenvalue weighted by Gasteiger charge is -2.59. The number of fused-ring (bicyclic) bond motifs is 5. The fourth-order valence-corrected chi connectivity index (χ4v) is 19.7. The highest BCUT2D eigenvalue weighted by Gasteiger charge is 2.63. The molecule has 0 bridgehead atoms. The standard InChI is InChI=1S/C28H53NSSi/c1-17-14-18(2)23-22(15-17)30-21-13-12-20-16-19(3)26(24(20)25(21)23)31(10,11)29(27(4,5)6)28(7,8)9/h17-26H,12-16H2,1-11H3. The van der Waals surface area contributed by atoms with Crippen LogP contribution in [0.3, 0.4) is 0 Å². The minimum atomic E-state index is -1.67. The second-order valence-electron chi connectivity index (χ2n) is 14.9. The molecule has 0 aromatic rings. The SMILES string of the molecule is CC1CC(C)C2C(C1)SC1CCC3CC(C)C([Si](C)(C)N(C(C)(C)C)C(C)(C)C)C3C12. The van der Waals surface area contributed by atoms with E-state index in [1.165, 1.54) is 32.1 Å². The molecule has 4 fully saturated rings. The average Bonchev–Trinajstić information content (AvgIpc) is 3.07. The van der Waals surface area contributed by atoms with E-state index in [4.69, 9.17) is 0 Å². The lowest BCUT2D eigenvalue weighted by molar-refractivity contribution is 0.0700. The zero-order chi connectivity index (χ0) is 23.1. The number of hydrogen-bond donors (Lipinski definition) is 0. The highest BCUT2D eigenvalue weighted by atomic mass is 32.2. The summed E-state index contributed by atoms with van der Waals surface area (Å²) in [6, 6.07) is 0. The van der Waals surface area contributed by atoms with Crippen LogP contribution in [0.1, 0.15) is 94.4 Å². The van der Waals surface area contributed by atoms with Crippen molar-refractivity contribution in [3.8, 4) is 0 Å². The van der Waals surface area contributed by atoms with Gasteiger partial charge in [0, 0.05) is 21.6 Å². The van der Waals surface area contributed by atoms with Crippen LogP contribution >= 0.6 is 11.8 Å². The minimum absolute atomic E-state index is 0.236. The van der Waals surface area contributed by atoms with Crippen molar-refractivity contribution in [3.63, 3.8) is 0 Å². The van der Waals surface area contributed by atoms with E-state index in [1.807, 2.05) is 0 Å². The van der Waals surface area contributed by atoms with Gasteiger partial charge in [-0.05, 0) is 121 Å². The molecular weight excluding hydrogens is 410 g/mol. The van der Waals surface area contributed by atoms with Crippen molar-refractivity contribution in [1.82, 2.24) is 4.57 Å². The molecule has 1 nitrogen and oxygen atoms in total. The topological polar surface area (TPSA) is 3.24 Å². The number of thioether (sulfide) groups is 1. The first-order valence-electron chi connectivity index (χ1n) is 13.6. The van der Waals surface area contributed by atoms with Crippen LogP contribution in [-0.4, -0.2) is 34.4 Å². The molecule has 180 valence electrons. The Bertz CT molecular complexity index is 647. The van der Waals surface area contributed by atoms with Gasteiger partial charge < -0.3 is 4.57 Å². The van der Waals surface area contributed by atoms with E-state index in [1.54, 1.807) is 0 Å². The number of hydrogen-bond acceptors (Lipinski definition) is 2. The third-order valence-electron chi connectivity index (χ3n) is 9.97. The molecule has 0 N–H and O–H groups in total. The van der Waals surface area contributed by atoms with Crippen LogP contribution in [0.2, 0.25) is 18.6 Å². The second-order valence-corrected chi connectivity index (χ2v) is 20.8. The van der Waals surface area contributed by atoms with Crippen molar-refractivity contribution in [1.29, 1.82) is 0 Å². The Balaban J connectivity index is 1.73. The average molecular weight is 464 g/mol. The highest BCUT2D eigenvalue weighted by Crippen LogP contribution is 2.67. The summed E-state index contributed by atoms with van der Waals surface area (Å²) in [5, 5.41) is 1.94. The second kappa shape index (κ2) is 8.04. The van der Waals surface area contributed by atoms with Gasteiger partial charge in [0.25, 0.3) is 0 Å². The predicted molar refractivity (Wildman–Crippen MR) is 142 cm³/mol. The van der Waals surface area contributed by atoms with E-state index < -0.39 is 8.24 Å². The van der Waals surface area contributed by atoms with Crippen molar-refractivity contribution in [2.75, 3.05) is 0 Å². The Morgan fingerprint density at radius 3 is 1.90 bits per heavy atom. The first kappa shape index (κ1) is 24.6. The van der Waals surface area contributed by atoms with Crippen LogP contribution in [0.15, 0.2) is 0 Å². The van der Waals surface area contributed by atoms with Gasteiger partial charge in [-0.3, -0.25) is 0 Å². The molecular formula is C28H53NSSi. The van der Waals surface area contributed by atoms with E-state index >= 15 is 0 Å². The minimum Gasteiger partial charge on any atom is -0.314 e. The molecule has 0 radical (unpaired) electrons. The molecule has 3 saturated carbocycles. The van der Waals surface area contributed by atoms with Crippen LogP contribution in [0, 0.1) is 41.4 Å². The maximum Gasteiger partial charge on any atom is 0.126 e. The number of rotatable bonds is 2. The predicted octanol–water partition coefficient (Wildman–Crippen LogP) is 8.31. The molecule has 1 saturated heterocycles. The van der Waals surface area contributed by atoms with Gasteiger partial charge in [-0.1, -0.05) is 33.9 Å². The maximum absolute atomic E-state index is 3.05. The van der Waals surface area contributed by atoms with E-state index in [9.17, 15) is 0 Å². The van der Waals surface area contributed by atoms with Crippen LogP contribution in [0.4, 0.5) is 0 Å². The molecule has 4 rings (SSSR count). The highest BCUT2D eigenvalue weighted by molar-refractivity contribution is 8.00. The third kappa shape index (κ3) is 4.13. The van der Waals surface area contributed by atoms with Crippen molar-refractivity contribution < 1.29 is 0 Å². The summed E-state index contributed by atoms with van der Waals surface area (Å²) in [5.41, 5.74) is 1.43. The molecule has 0 amide bonds. The van der Waals surface area contributed by atoms with Gasteiger partial charge in [-0.25, -0.2) is 0 Å². The Labute approximate surface area is 200 Å². The molecule has 3 heteroatoms. The van der Waals surface area contributed by atoms with Gasteiger partial charge in [-0.15, -0.1) is 0 Å². The summed E-state index contributed by atoms with van der Waals surface area (Å²) in [6.45, 7) is 28.3. The lowest BCUT2D eigenvalue weighted by atomic mass is 9.61. The molecule has 10 atom stereocenters. The fraction of sp³-hybridized carbons (Fsp3) is 1.00. The molecule has 0 spiro atoms. The first-order valence-corrected chi connectivity index (χ1v) is 17.6. The van der Waals surface area contributed by atoms with Gasteiger partial charge in [0.2, 0.25) is 0 Å². The van der Waals surface area contributed by atoms with E-state index in [0.29, 0.717) is 0 Å². The van der Waals surface area contributed by atoms with Crippen LogP contribution < -0.4 is 0 Å². The quantitative estimate of drug-likeness (QED) is 0.379. The summed E-state index contributed by atoms with van der Waals surface area (Å²) in [5.74, 6) is 6.83. The van der Waals surface area contributed by atoms with Crippen LogP contribution in [0.5, 0.6) is 0 Å². The molecule has 31 heavy (non-hydrogen) atoms. The van der Waals surface area contributed by atoms with Crippen molar-refractivity contribution >= 4 is 20.0 Å². The van der Waals surface area contributed by atoms with Gasteiger partial charge in [0.05, 0.1) is 0 Å². The summed E-state index contributed by atoms with van der Waals surface area (Å²) < 4.78 is 3.05. The van der Waals surface area contributed by atoms with Gasteiger partial charge in [0.15, 0.2) is 0 Å². The molecule has 0 aromatic carbocycles. The summed E-state index contributed by atoms with van der Waals surface area (Å²) in [7, 11) is -1.67. The summed E-state index contributed by atoms with van der Waals surface area (Å²) in [6.07, 6.45) is 7.55. The Morgan fingerprint density at radius 1 is 0.710 bits per heavy atom. The Morgan fingerprint density at radius 2 is 1.32 bits per heavy atom. The normalized spacial score (nSPS) is 46.1. The summed E-state index contributed by atoms with van der Waals surface area (Å²) >= 11 is 2.47. The van der Waals surface area contributed by atoms with E-state index in [-0.39, 0.29) is 11.1 Å². The third-order valence-corrected chi connectivity index (χ3v) is 16.8. The zero-order valence-electron chi connectivity index (χ0n) is 22.7. The molecule has 10 unspecified atom stereocenters. The zero-order valence-corrected chi connectivity index (χ0v) is 24.5. The van der Waals surface area contributed by atoms with Gasteiger partial charge in [-0.2, -0.15) is 11.8 Å². The van der Waals surface area contributed by atoms with E-state index in [2.05, 4.69) is 91.7 Å². The van der Waals surface area contributed by atoms with Crippen molar-refractivity contribution in [2.45, 2.75) is 135 Å². The molecule has 0 aromatic heterocycles. The molecule has 4 aliphatic rings. The maximum atomic E-state index is 3.05. The van der Waals surface area contributed by atoms with Crippen LogP contribution in [-0.2, 0) is 0 Å². The largest absolute Gasteiger partial charge is 0.314 e. The van der Waals surface area contributed by atoms with Gasteiger partial charge >= 0.3 is 0 Å². The fourth-order valence-electron chi connectivity index (χ4n) is 10.7. The summed E-state index contributed by atoms with van der Waals surface area (Å²) in [4.78, 5) is 0. The monoisotopic (exact) mass is 463 g/mol. The van der Waals surface area contributed by atoms with E-state index in [0.717, 1.165) is 57.5 Å². The Hall–Kier alpha value is 0.527. The smallest absolute Gasteiger partial charge is 0.126 e. The first-order chi connectivity index (χ1) is 14.1. The van der Waals surface area contributed by atoms with Crippen LogP contribution in [0.25, 0.3) is 0 Å². The molecule has 3 aliphatic carbocycles. The molecule has 1 heterocycles.